The second kappa shape index (κ2) is 6.27. The van der Waals surface area contributed by atoms with E-state index < -0.39 is 0 Å². The van der Waals surface area contributed by atoms with Crippen LogP contribution in [0, 0.1) is 0 Å². The number of piperidine rings is 1. The van der Waals surface area contributed by atoms with E-state index in [4.69, 9.17) is 0 Å². The van der Waals surface area contributed by atoms with E-state index in [1.54, 1.807) is 0 Å². The smallest absolute Gasteiger partial charge is 0.0114 e. The summed E-state index contributed by atoms with van der Waals surface area (Å²) in [6.07, 6.45) is 9.17. The van der Waals surface area contributed by atoms with E-state index in [1.807, 2.05) is 11.8 Å². The first-order chi connectivity index (χ1) is 7.85. The van der Waals surface area contributed by atoms with Crippen LogP contribution in [-0.2, 0) is 0 Å². The summed E-state index contributed by atoms with van der Waals surface area (Å²) in [6.45, 7) is 4.78. The van der Waals surface area contributed by atoms with E-state index in [9.17, 15) is 0 Å². The van der Waals surface area contributed by atoms with Crippen molar-refractivity contribution in [1.29, 1.82) is 0 Å². The summed E-state index contributed by atoms with van der Waals surface area (Å²) in [4.78, 5) is 2.79. The summed E-state index contributed by atoms with van der Waals surface area (Å²) in [6, 6.07) is 2.59. The summed E-state index contributed by atoms with van der Waals surface area (Å²) in [5.74, 6) is 1.31. The molecule has 2 unspecified atom stereocenters. The molecular formula is C13H26N2S. The van der Waals surface area contributed by atoms with Gasteiger partial charge in [0, 0.05) is 30.4 Å². The molecule has 0 radical (unpaired) electrons. The van der Waals surface area contributed by atoms with Crippen molar-refractivity contribution in [1.82, 2.24) is 10.2 Å². The Bertz CT molecular complexity index is 196. The average Bonchev–Trinajstić information content (AvgIpc) is 2.54. The van der Waals surface area contributed by atoms with Gasteiger partial charge < -0.3 is 5.32 Å². The monoisotopic (exact) mass is 242 g/mol. The summed E-state index contributed by atoms with van der Waals surface area (Å²) in [5, 5.41) is 3.72. The van der Waals surface area contributed by atoms with Crippen molar-refractivity contribution in [3.05, 3.63) is 0 Å². The number of nitrogens with one attached hydrogen (secondary N) is 1. The van der Waals surface area contributed by atoms with Gasteiger partial charge in [-0.3, -0.25) is 4.90 Å². The first-order valence-corrected chi connectivity index (χ1v) is 8.22. The Balaban J connectivity index is 1.81. The van der Waals surface area contributed by atoms with Crippen LogP contribution in [0.15, 0.2) is 0 Å². The maximum absolute atomic E-state index is 3.72. The molecule has 0 amide bonds. The minimum Gasteiger partial charge on any atom is -0.314 e. The lowest BCUT2D eigenvalue weighted by atomic mass is 9.97. The van der Waals surface area contributed by atoms with Crippen LogP contribution in [0.2, 0.25) is 0 Å². The Labute approximate surface area is 105 Å². The highest BCUT2D eigenvalue weighted by Gasteiger charge is 2.39. The highest BCUT2D eigenvalue weighted by atomic mass is 32.2. The number of rotatable bonds is 6. The maximum Gasteiger partial charge on any atom is 0.0114 e. The van der Waals surface area contributed by atoms with E-state index in [0.717, 1.165) is 18.1 Å². The summed E-state index contributed by atoms with van der Waals surface area (Å²) < 4.78 is 0. The molecule has 2 fully saturated rings. The molecule has 2 aliphatic heterocycles. The van der Waals surface area contributed by atoms with Crippen LogP contribution in [0.5, 0.6) is 0 Å². The van der Waals surface area contributed by atoms with Crippen molar-refractivity contribution in [2.75, 3.05) is 25.1 Å². The van der Waals surface area contributed by atoms with E-state index in [-0.39, 0.29) is 0 Å². The van der Waals surface area contributed by atoms with E-state index in [0.29, 0.717) is 0 Å². The summed E-state index contributed by atoms with van der Waals surface area (Å²) in [7, 11) is 0. The van der Waals surface area contributed by atoms with Gasteiger partial charge in [-0.25, -0.2) is 0 Å². The maximum atomic E-state index is 3.72. The molecule has 2 saturated heterocycles. The summed E-state index contributed by atoms with van der Waals surface area (Å²) >= 11 is 1.98. The lowest BCUT2D eigenvalue weighted by Gasteiger charge is -2.39. The number of fused-ring (bicyclic) bond motifs is 2. The van der Waals surface area contributed by atoms with Crippen molar-refractivity contribution < 1.29 is 0 Å². The quantitative estimate of drug-likeness (QED) is 0.770. The second-order valence-electron chi connectivity index (χ2n) is 5.24. The SMILES string of the molecule is CCCNC1CC2CCC(C1)N2CCSC. The third kappa shape index (κ3) is 2.93. The molecule has 2 nitrogen and oxygen atoms in total. The predicted octanol–water partition coefficient (Wildman–Crippen LogP) is 2.34. The molecule has 2 heterocycles. The zero-order valence-electron chi connectivity index (χ0n) is 10.7. The molecule has 2 aliphatic rings. The van der Waals surface area contributed by atoms with Gasteiger partial charge in [0.25, 0.3) is 0 Å². The third-order valence-corrected chi connectivity index (χ3v) is 4.71. The van der Waals surface area contributed by atoms with E-state index in [1.165, 1.54) is 50.9 Å². The zero-order valence-corrected chi connectivity index (χ0v) is 11.6. The van der Waals surface area contributed by atoms with Gasteiger partial charge in [-0.05, 0) is 44.9 Å². The molecule has 0 spiro atoms. The Morgan fingerprint density at radius 2 is 1.94 bits per heavy atom. The van der Waals surface area contributed by atoms with Gasteiger partial charge in [0.1, 0.15) is 0 Å². The third-order valence-electron chi connectivity index (χ3n) is 4.12. The molecule has 0 aromatic carbocycles. The molecule has 0 aliphatic carbocycles. The van der Waals surface area contributed by atoms with Gasteiger partial charge in [-0.15, -0.1) is 0 Å². The van der Waals surface area contributed by atoms with Crippen molar-refractivity contribution in [2.45, 2.75) is 57.2 Å². The minimum absolute atomic E-state index is 0.808. The number of thioether (sulfide) groups is 1. The molecular weight excluding hydrogens is 216 g/mol. The van der Waals surface area contributed by atoms with Crippen LogP contribution in [0.1, 0.15) is 39.0 Å². The molecule has 0 aromatic rings. The Kier molecular flexibility index (Phi) is 4.98. The lowest BCUT2D eigenvalue weighted by Crippen LogP contribution is -2.49. The van der Waals surface area contributed by atoms with Crippen LogP contribution >= 0.6 is 11.8 Å². The molecule has 2 rings (SSSR count). The highest BCUT2D eigenvalue weighted by Crippen LogP contribution is 2.35. The minimum atomic E-state index is 0.808. The normalized spacial score (nSPS) is 34.5. The lowest BCUT2D eigenvalue weighted by molar-refractivity contribution is 0.125. The standard InChI is InChI=1S/C13H26N2S/c1-3-6-14-11-9-12-4-5-13(10-11)15(12)7-8-16-2/h11-14H,3-10H2,1-2H3. The molecule has 3 heteroatoms. The first-order valence-electron chi connectivity index (χ1n) is 6.83. The van der Waals surface area contributed by atoms with Gasteiger partial charge >= 0.3 is 0 Å². The van der Waals surface area contributed by atoms with Crippen molar-refractivity contribution >= 4 is 11.8 Å². The van der Waals surface area contributed by atoms with E-state index in [2.05, 4.69) is 23.4 Å². The molecule has 16 heavy (non-hydrogen) atoms. The van der Waals surface area contributed by atoms with Gasteiger partial charge in [0.05, 0.1) is 0 Å². The Morgan fingerprint density at radius 3 is 2.50 bits per heavy atom. The van der Waals surface area contributed by atoms with Crippen molar-refractivity contribution in [2.24, 2.45) is 0 Å². The Hall–Kier alpha value is 0.270. The number of nitrogens with zero attached hydrogens (tertiary/aromatic N) is 1. The van der Waals surface area contributed by atoms with E-state index >= 15 is 0 Å². The van der Waals surface area contributed by atoms with Crippen molar-refractivity contribution in [3.63, 3.8) is 0 Å². The zero-order chi connectivity index (χ0) is 11.4. The highest BCUT2D eigenvalue weighted by molar-refractivity contribution is 7.98. The fraction of sp³-hybridized carbons (Fsp3) is 1.00. The molecule has 0 aromatic heterocycles. The molecule has 2 bridgehead atoms. The van der Waals surface area contributed by atoms with Crippen LogP contribution in [0.4, 0.5) is 0 Å². The fourth-order valence-corrected chi connectivity index (χ4v) is 3.74. The van der Waals surface area contributed by atoms with Crippen LogP contribution in [-0.4, -0.2) is 48.1 Å². The first kappa shape index (κ1) is 12.7. The van der Waals surface area contributed by atoms with Gasteiger partial charge in [-0.2, -0.15) is 11.8 Å². The summed E-state index contributed by atoms with van der Waals surface area (Å²) in [5.41, 5.74) is 0. The second-order valence-corrected chi connectivity index (χ2v) is 6.22. The molecule has 2 atom stereocenters. The molecule has 1 N–H and O–H groups in total. The largest absolute Gasteiger partial charge is 0.314 e. The van der Waals surface area contributed by atoms with Gasteiger partial charge in [-0.1, -0.05) is 6.92 Å². The van der Waals surface area contributed by atoms with Gasteiger partial charge in [0.15, 0.2) is 0 Å². The number of hydrogen-bond acceptors (Lipinski definition) is 3. The Morgan fingerprint density at radius 1 is 1.25 bits per heavy atom. The van der Waals surface area contributed by atoms with Crippen molar-refractivity contribution in [3.8, 4) is 0 Å². The predicted molar refractivity (Wildman–Crippen MR) is 73.2 cm³/mol. The molecule has 0 saturated carbocycles. The van der Waals surface area contributed by atoms with Crippen LogP contribution < -0.4 is 5.32 Å². The average molecular weight is 242 g/mol. The number of hydrogen-bond donors (Lipinski definition) is 1. The van der Waals surface area contributed by atoms with Gasteiger partial charge in [0.2, 0.25) is 0 Å². The van der Waals surface area contributed by atoms with Crippen LogP contribution in [0.25, 0.3) is 0 Å². The molecule has 94 valence electrons. The fourth-order valence-electron chi connectivity index (χ4n) is 3.35. The topological polar surface area (TPSA) is 15.3 Å². The van der Waals surface area contributed by atoms with Crippen LogP contribution in [0.3, 0.4) is 0 Å².